The summed E-state index contributed by atoms with van der Waals surface area (Å²) >= 11 is 0. The molecule has 378 valence electrons. The highest BCUT2D eigenvalue weighted by molar-refractivity contribution is 6.14. The van der Waals surface area contributed by atoms with Crippen molar-refractivity contribution in [1.29, 1.82) is 5.26 Å². The summed E-state index contributed by atoms with van der Waals surface area (Å²) in [6.45, 7) is 24.7. The van der Waals surface area contributed by atoms with Gasteiger partial charge in [-0.05, 0) is 154 Å². The molecule has 78 heavy (non-hydrogen) atoms. The molecule has 12 rings (SSSR count). The number of nitrogens with zero attached hydrogens (tertiary/aromatic N) is 4. The fourth-order valence-electron chi connectivity index (χ4n) is 12.2. The molecule has 0 aliphatic heterocycles. The van der Waals surface area contributed by atoms with Gasteiger partial charge in [-0.25, -0.2) is 4.85 Å². The van der Waals surface area contributed by atoms with E-state index >= 15 is 13.2 Å². The standard InChI is InChI=1S/C71H53F3N4/c1-40-20-41(2)25-52(24-40)48-10-14-60-61-15-11-49(53-26-42(3)21-43(4)27-53)35-67(61)77(66(60)34-48)65-19-18-59(56-32-57(71(72,73)74)38-58(33-56)76-9)70(64(65)39-75)78-68-36-50(54-28-44(5)22-45(6)29-54)12-16-62(68)63-17-13-51(37-69(63)78)55-30-46(7)23-47(8)31-55/h10-38H,1-8H3. The molecular formula is C71H53F3N4. The maximum Gasteiger partial charge on any atom is 0.415 e. The minimum atomic E-state index is -4.76. The van der Waals surface area contributed by atoms with Gasteiger partial charge in [0.25, 0.3) is 0 Å². The van der Waals surface area contributed by atoms with Crippen molar-refractivity contribution in [2.75, 3.05) is 0 Å². The van der Waals surface area contributed by atoms with Crippen LogP contribution >= 0.6 is 0 Å². The number of halogens is 3. The summed E-state index contributed by atoms with van der Waals surface area (Å²) < 4.78 is 49.4. The van der Waals surface area contributed by atoms with E-state index in [1.165, 1.54) is 6.07 Å². The van der Waals surface area contributed by atoms with Gasteiger partial charge in [0, 0.05) is 32.7 Å². The van der Waals surface area contributed by atoms with E-state index in [1.54, 1.807) is 0 Å². The normalized spacial score (nSPS) is 11.8. The van der Waals surface area contributed by atoms with Crippen molar-refractivity contribution in [2.24, 2.45) is 0 Å². The summed E-state index contributed by atoms with van der Waals surface area (Å²) in [6.07, 6.45) is -4.76. The molecule has 0 unspecified atom stereocenters. The molecule has 0 saturated carbocycles. The van der Waals surface area contributed by atoms with Gasteiger partial charge in [-0.3, -0.25) is 0 Å². The zero-order valence-electron chi connectivity index (χ0n) is 44.7. The Morgan fingerprint density at radius 3 is 1.05 bits per heavy atom. The van der Waals surface area contributed by atoms with E-state index in [1.807, 2.05) is 12.1 Å². The largest absolute Gasteiger partial charge is 0.415 e. The third kappa shape index (κ3) is 8.68. The topological polar surface area (TPSA) is 38.0 Å². The minimum Gasteiger partial charge on any atom is -0.308 e. The Bertz CT molecular complexity index is 4310. The molecule has 10 aromatic carbocycles. The van der Waals surface area contributed by atoms with Crippen LogP contribution in [0.5, 0.6) is 0 Å². The van der Waals surface area contributed by atoms with Gasteiger partial charge in [0.05, 0.1) is 40.0 Å². The number of rotatable bonds is 7. The highest BCUT2D eigenvalue weighted by atomic mass is 19.4. The van der Waals surface area contributed by atoms with E-state index in [2.05, 4.69) is 221 Å². The number of alkyl halides is 3. The predicted molar refractivity (Wildman–Crippen MR) is 316 cm³/mol. The number of hydrogen-bond acceptors (Lipinski definition) is 1. The second kappa shape index (κ2) is 18.7. The van der Waals surface area contributed by atoms with Crippen molar-refractivity contribution in [2.45, 2.75) is 61.6 Å². The van der Waals surface area contributed by atoms with Crippen LogP contribution in [0.1, 0.15) is 55.6 Å². The molecule has 0 atom stereocenters. The molecule has 0 bridgehead atoms. The SMILES string of the molecule is [C-]#[N+]c1cc(-c2ccc(-n3c4cc(-c5cc(C)cc(C)c5)ccc4c4ccc(-c5cc(C)cc(C)c5)cc43)c(C#N)c2-n2c3cc(-c4cc(C)cc(C)c4)ccc3c3ccc(-c4cc(C)cc(C)c4)cc32)cc(C(F)(F)F)c1. The molecule has 0 spiro atoms. The maximum atomic E-state index is 15.0. The Hall–Kier alpha value is -9.43. The van der Waals surface area contributed by atoms with Crippen LogP contribution in [-0.2, 0) is 6.18 Å². The third-order valence-electron chi connectivity index (χ3n) is 15.2. The van der Waals surface area contributed by atoms with E-state index in [-0.39, 0.29) is 16.8 Å². The minimum absolute atomic E-state index is 0.162. The van der Waals surface area contributed by atoms with Crippen LogP contribution in [0.3, 0.4) is 0 Å². The zero-order chi connectivity index (χ0) is 54.5. The van der Waals surface area contributed by atoms with E-state index < -0.39 is 11.7 Å². The quantitative estimate of drug-likeness (QED) is 0.147. The average molecular weight is 1020 g/mol. The van der Waals surface area contributed by atoms with Crippen LogP contribution in [0.2, 0.25) is 0 Å². The summed E-state index contributed by atoms with van der Waals surface area (Å²) in [5.41, 5.74) is 20.9. The Labute approximate surface area is 452 Å². The first-order valence-electron chi connectivity index (χ1n) is 26.1. The van der Waals surface area contributed by atoms with E-state index in [9.17, 15) is 5.26 Å². The first-order valence-corrected chi connectivity index (χ1v) is 26.1. The molecule has 0 amide bonds. The Morgan fingerprint density at radius 1 is 0.385 bits per heavy atom. The molecule has 2 aromatic heterocycles. The van der Waals surface area contributed by atoms with Gasteiger partial charge in [0.1, 0.15) is 11.6 Å². The van der Waals surface area contributed by atoms with Crippen LogP contribution in [0.4, 0.5) is 18.9 Å². The number of hydrogen-bond donors (Lipinski definition) is 0. The summed E-state index contributed by atoms with van der Waals surface area (Å²) in [4.78, 5) is 3.57. The zero-order valence-corrected chi connectivity index (χ0v) is 44.7. The first-order chi connectivity index (χ1) is 37.4. The van der Waals surface area contributed by atoms with E-state index in [0.29, 0.717) is 16.9 Å². The highest BCUT2D eigenvalue weighted by Gasteiger charge is 2.32. The van der Waals surface area contributed by atoms with Crippen molar-refractivity contribution >= 4 is 49.3 Å². The van der Waals surface area contributed by atoms with Crippen LogP contribution in [0.15, 0.2) is 176 Å². The monoisotopic (exact) mass is 1020 g/mol. The average Bonchev–Trinajstić information content (AvgIpc) is 4.14. The van der Waals surface area contributed by atoms with Gasteiger partial charge in [0.2, 0.25) is 0 Å². The number of aromatic nitrogens is 2. The van der Waals surface area contributed by atoms with Gasteiger partial charge < -0.3 is 9.13 Å². The Morgan fingerprint density at radius 2 is 0.731 bits per heavy atom. The molecule has 4 nitrogen and oxygen atoms in total. The van der Waals surface area contributed by atoms with Gasteiger partial charge in [-0.15, -0.1) is 0 Å². The van der Waals surface area contributed by atoms with Crippen molar-refractivity contribution < 1.29 is 13.2 Å². The predicted octanol–water partition coefficient (Wildman–Crippen LogP) is 20.1. The van der Waals surface area contributed by atoms with E-state index in [4.69, 9.17) is 6.57 Å². The summed E-state index contributed by atoms with van der Waals surface area (Å²) in [5.74, 6) is 0. The van der Waals surface area contributed by atoms with Gasteiger partial charge >= 0.3 is 6.18 Å². The Kier molecular flexibility index (Phi) is 11.8. The van der Waals surface area contributed by atoms with Crippen LogP contribution in [-0.4, -0.2) is 9.13 Å². The van der Waals surface area contributed by atoms with Gasteiger partial charge in [-0.1, -0.05) is 172 Å². The fraction of sp³-hybridized carbons (Fsp3) is 0.127. The second-order valence-electron chi connectivity index (χ2n) is 21.4. The second-order valence-corrected chi connectivity index (χ2v) is 21.4. The number of fused-ring (bicyclic) bond motifs is 6. The summed E-state index contributed by atoms with van der Waals surface area (Å²) in [5, 5.41) is 16.0. The van der Waals surface area contributed by atoms with Crippen molar-refractivity contribution in [3.05, 3.63) is 243 Å². The van der Waals surface area contributed by atoms with Crippen molar-refractivity contribution in [3.8, 4) is 73.1 Å². The third-order valence-corrected chi connectivity index (χ3v) is 15.2. The molecule has 12 aromatic rings. The number of benzene rings is 10. The maximum absolute atomic E-state index is 15.0. The lowest BCUT2D eigenvalue weighted by atomic mass is 9.95. The van der Waals surface area contributed by atoms with Crippen molar-refractivity contribution in [3.63, 3.8) is 0 Å². The lowest BCUT2D eigenvalue weighted by Gasteiger charge is -2.21. The molecule has 0 aliphatic carbocycles. The van der Waals surface area contributed by atoms with Crippen molar-refractivity contribution in [1.82, 2.24) is 9.13 Å². The van der Waals surface area contributed by atoms with Gasteiger partial charge in [0.15, 0.2) is 5.69 Å². The summed E-state index contributed by atoms with van der Waals surface area (Å²) in [7, 11) is 0. The molecule has 0 aliphatic rings. The lowest BCUT2D eigenvalue weighted by molar-refractivity contribution is -0.137. The molecule has 7 heteroatoms. The molecular weight excluding hydrogens is 966 g/mol. The van der Waals surface area contributed by atoms with E-state index in [0.717, 1.165) is 145 Å². The van der Waals surface area contributed by atoms with Crippen LogP contribution in [0, 0.1) is 73.3 Å². The first kappa shape index (κ1) is 49.4. The molecule has 2 heterocycles. The van der Waals surface area contributed by atoms with Crippen LogP contribution in [0.25, 0.3) is 115 Å². The molecule has 0 N–H and O–H groups in total. The summed E-state index contributed by atoms with van der Waals surface area (Å²) in [6, 6.07) is 61.6. The number of aryl methyl sites for hydroxylation is 8. The molecule has 0 fully saturated rings. The lowest BCUT2D eigenvalue weighted by Crippen LogP contribution is -2.08. The Balaban J connectivity index is 1.26. The van der Waals surface area contributed by atoms with Crippen LogP contribution < -0.4 is 0 Å². The number of nitriles is 1. The smallest absolute Gasteiger partial charge is 0.308 e. The molecule has 0 saturated heterocycles. The van der Waals surface area contributed by atoms with Gasteiger partial charge in [-0.2, -0.15) is 18.4 Å². The highest BCUT2D eigenvalue weighted by Crippen LogP contribution is 2.46. The fourth-order valence-corrected chi connectivity index (χ4v) is 12.2. The molecule has 0 radical (unpaired) electrons.